The number of rotatable bonds is 10. The van der Waals surface area contributed by atoms with Crippen LogP contribution in [0.25, 0.3) is 0 Å². The fourth-order valence-corrected chi connectivity index (χ4v) is 2.44. The molecule has 5 nitrogen and oxygen atoms in total. The number of ether oxygens (including phenoxy) is 1. The Bertz CT molecular complexity index is 380. The van der Waals surface area contributed by atoms with Crippen LogP contribution in [-0.2, 0) is 0 Å². The van der Waals surface area contributed by atoms with Crippen molar-refractivity contribution < 1.29 is 14.9 Å². The molecule has 120 valence electrons. The predicted molar refractivity (Wildman–Crippen MR) is 85.4 cm³/mol. The van der Waals surface area contributed by atoms with Crippen LogP contribution in [-0.4, -0.2) is 53.6 Å². The summed E-state index contributed by atoms with van der Waals surface area (Å²) in [7, 11) is 0. The quantitative estimate of drug-likeness (QED) is 0.570. The zero-order valence-corrected chi connectivity index (χ0v) is 13.0. The van der Waals surface area contributed by atoms with Gasteiger partial charge < -0.3 is 20.7 Å². The van der Waals surface area contributed by atoms with E-state index in [4.69, 9.17) is 15.6 Å². The Morgan fingerprint density at radius 2 is 1.81 bits per heavy atom. The first-order chi connectivity index (χ1) is 10.1. The van der Waals surface area contributed by atoms with Gasteiger partial charge in [0.25, 0.3) is 0 Å². The topological polar surface area (TPSA) is 79.0 Å². The molecule has 1 rings (SSSR count). The van der Waals surface area contributed by atoms with Crippen molar-refractivity contribution in [2.45, 2.75) is 38.8 Å². The second-order valence-corrected chi connectivity index (χ2v) is 5.22. The first-order valence-electron chi connectivity index (χ1n) is 7.62. The first-order valence-corrected chi connectivity index (χ1v) is 7.62. The average Bonchev–Trinajstić information content (AvgIpc) is 2.48. The molecule has 0 radical (unpaired) electrons. The van der Waals surface area contributed by atoms with Gasteiger partial charge in [-0.2, -0.15) is 0 Å². The van der Waals surface area contributed by atoms with Crippen molar-refractivity contribution in [1.29, 1.82) is 0 Å². The van der Waals surface area contributed by atoms with Gasteiger partial charge in [-0.1, -0.05) is 13.8 Å². The summed E-state index contributed by atoms with van der Waals surface area (Å²) in [6, 6.07) is 7.49. The second-order valence-electron chi connectivity index (χ2n) is 5.22. The third-order valence-electron chi connectivity index (χ3n) is 3.61. The summed E-state index contributed by atoms with van der Waals surface area (Å²) in [6.07, 6.45) is 1.42. The summed E-state index contributed by atoms with van der Waals surface area (Å²) in [6.45, 7) is 5.65. The molecule has 4 N–H and O–H groups in total. The molecule has 1 aromatic carbocycles. The number of aliphatic hydroxyl groups is 2. The molecule has 0 spiro atoms. The molecule has 0 aliphatic rings. The lowest BCUT2D eigenvalue weighted by Gasteiger charge is -2.31. The number of hydrogen-bond acceptors (Lipinski definition) is 5. The summed E-state index contributed by atoms with van der Waals surface area (Å²) < 4.78 is 5.55. The van der Waals surface area contributed by atoms with Gasteiger partial charge in [0.05, 0.1) is 6.61 Å². The number of nitrogen functional groups attached to an aromatic ring is 1. The maximum absolute atomic E-state index is 10.1. The van der Waals surface area contributed by atoms with Crippen LogP contribution < -0.4 is 10.5 Å². The minimum Gasteiger partial charge on any atom is -0.491 e. The first kappa shape index (κ1) is 17.8. The van der Waals surface area contributed by atoms with Gasteiger partial charge in [0.2, 0.25) is 0 Å². The van der Waals surface area contributed by atoms with Crippen molar-refractivity contribution >= 4 is 5.69 Å². The fourth-order valence-electron chi connectivity index (χ4n) is 2.44. The highest BCUT2D eigenvalue weighted by Crippen LogP contribution is 2.14. The highest BCUT2D eigenvalue weighted by atomic mass is 16.5. The zero-order chi connectivity index (χ0) is 15.7. The Kier molecular flexibility index (Phi) is 8.12. The van der Waals surface area contributed by atoms with E-state index in [1.807, 2.05) is 0 Å². The minimum atomic E-state index is -0.588. The van der Waals surface area contributed by atoms with Crippen LogP contribution >= 0.6 is 0 Å². The van der Waals surface area contributed by atoms with E-state index in [9.17, 15) is 5.11 Å². The van der Waals surface area contributed by atoms with Gasteiger partial charge in [-0.3, -0.25) is 4.90 Å². The Morgan fingerprint density at radius 1 is 1.19 bits per heavy atom. The maximum Gasteiger partial charge on any atom is 0.119 e. The molecule has 0 saturated carbocycles. The van der Waals surface area contributed by atoms with Crippen LogP contribution in [0.4, 0.5) is 5.69 Å². The van der Waals surface area contributed by atoms with Gasteiger partial charge in [-0.05, 0) is 37.1 Å². The van der Waals surface area contributed by atoms with E-state index in [1.165, 1.54) is 0 Å². The van der Waals surface area contributed by atoms with Gasteiger partial charge in [-0.25, -0.2) is 0 Å². The lowest BCUT2D eigenvalue weighted by atomic mass is 10.1. The summed E-state index contributed by atoms with van der Waals surface area (Å²) in [5.41, 5.74) is 6.30. The summed E-state index contributed by atoms with van der Waals surface area (Å²) in [5.74, 6) is 0.694. The number of nitrogens with two attached hydrogens (primary N) is 1. The molecule has 0 fully saturated rings. The molecule has 0 bridgehead atoms. The van der Waals surface area contributed by atoms with Crippen LogP contribution in [0.3, 0.4) is 0 Å². The van der Waals surface area contributed by atoms with Gasteiger partial charge in [-0.15, -0.1) is 0 Å². The van der Waals surface area contributed by atoms with Gasteiger partial charge >= 0.3 is 0 Å². The van der Waals surface area contributed by atoms with Crippen molar-refractivity contribution in [3.05, 3.63) is 24.3 Å². The molecule has 1 aromatic rings. The highest BCUT2D eigenvalue weighted by Gasteiger charge is 2.18. The van der Waals surface area contributed by atoms with Gasteiger partial charge in [0.15, 0.2) is 0 Å². The summed E-state index contributed by atoms with van der Waals surface area (Å²) >= 11 is 0. The molecule has 0 heterocycles. The number of aliphatic hydroxyl groups excluding tert-OH is 2. The van der Waals surface area contributed by atoms with E-state index in [2.05, 4.69) is 18.7 Å². The molecule has 5 heteroatoms. The van der Waals surface area contributed by atoms with Crippen molar-refractivity contribution in [1.82, 2.24) is 4.90 Å². The largest absolute Gasteiger partial charge is 0.491 e. The molecular formula is C16H28N2O3. The standard InChI is InChI=1S/C16H28N2O3/c1-3-14(4-2)18(9-10-19)11-15(20)12-21-16-7-5-13(17)6-8-16/h5-8,14-15,19-20H,3-4,9-12,17H2,1-2H3. The van der Waals surface area contributed by atoms with Crippen molar-refractivity contribution in [3.8, 4) is 5.75 Å². The number of hydrogen-bond donors (Lipinski definition) is 3. The average molecular weight is 296 g/mol. The SMILES string of the molecule is CCC(CC)N(CCO)CC(O)COc1ccc(N)cc1. The van der Waals surface area contributed by atoms with Crippen LogP contribution in [0.1, 0.15) is 26.7 Å². The number of anilines is 1. The van der Waals surface area contributed by atoms with Crippen LogP contribution in [0.15, 0.2) is 24.3 Å². The van der Waals surface area contributed by atoms with Crippen molar-refractivity contribution in [2.75, 3.05) is 32.0 Å². The lowest BCUT2D eigenvalue weighted by molar-refractivity contribution is 0.0423. The predicted octanol–water partition coefficient (Wildman–Crippen LogP) is 1.49. The summed E-state index contributed by atoms with van der Waals surface area (Å²) in [4.78, 5) is 2.12. The molecule has 0 aromatic heterocycles. The smallest absolute Gasteiger partial charge is 0.119 e. The Hall–Kier alpha value is -1.30. The number of nitrogens with zero attached hydrogens (tertiary/aromatic N) is 1. The van der Waals surface area contributed by atoms with E-state index in [-0.39, 0.29) is 13.2 Å². The molecular weight excluding hydrogens is 268 g/mol. The fraction of sp³-hybridized carbons (Fsp3) is 0.625. The Labute approximate surface area is 127 Å². The highest BCUT2D eigenvalue weighted by molar-refractivity contribution is 5.41. The monoisotopic (exact) mass is 296 g/mol. The van der Waals surface area contributed by atoms with Gasteiger partial charge in [0.1, 0.15) is 18.5 Å². The van der Waals surface area contributed by atoms with E-state index in [0.29, 0.717) is 30.6 Å². The van der Waals surface area contributed by atoms with Crippen LogP contribution in [0, 0.1) is 0 Å². The third kappa shape index (κ3) is 6.33. The van der Waals surface area contributed by atoms with E-state index >= 15 is 0 Å². The molecule has 0 saturated heterocycles. The molecule has 0 amide bonds. The molecule has 1 atom stereocenters. The molecule has 21 heavy (non-hydrogen) atoms. The summed E-state index contributed by atoms with van der Waals surface area (Å²) in [5, 5.41) is 19.3. The second kappa shape index (κ2) is 9.60. The van der Waals surface area contributed by atoms with Gasteiger partial charge in [0, 0.05) is 24.8 Å². The van der Waals surface area contributed by atoms with E-state index in [0.717, 1.165) is 12.8 Å². The molecule has 1 unspecified atom stereocenters. The van der Waals surface area contributed by atoms with E-state index in [1.54, 1.807) is 24.3 Å². The number of benzene rings is 1. The normalized spacial score (nSPS) is 12.9. The Balaban J connectivity index is 2.45. The minimum absolute atomic E-state index is 0.0992. The lowest BCUT2D eigenvalue weighted by Crippen LogP contribution is -2.43. The zero-order valence-electron chi connectivity index (χ0n) is 13.0. The van der Waals surface area contributed by atoms with Crippen molar-refractivity contribution in [2.24, 2.45) is 0 Å². The van der Waals surface area contributed by atoms with E-state index < -0.39 is 6.10 Å². The van der Waals surface area contributed by atoms with Crippen LogP contribution in [0.2, 0.25) is 0 Å². The third-order valence-corrected chi connectivity index (χ3v) is 3.61. The molecule has 0 aliphatic carbocycles. The molecule has 0 aliphatic heterocycles. The Morgan fingerprint density at radius 3 is 2.33 bits per heavy atom. The maximum atomic E-state index is 10.1. The van der Waals surface area contributed by atoms with Crippen LogP contribution in [0.5, 0.6) is 5.75 Å². The van der Waals surface area contributed by atoms with Crippen molar-refractivity contribution in [3.63, 3.8) is 0 Å².